The molecule has 0 radical (unpaired) electrons. The van der Waals surface area contributed by atoms with Gasteiger partial charge in [0.15, 0.2) is 5.60 Å². The van der Waals surface area contributed by atoms with Crippen molar-refractivity contribution in [3.8, 4) is 0 Å². The largest absolute Gasteiger partial charge is 0.363 e. The van der Waals surface area contributed by atoms with Crippen LogP contribution in [0.4, 0.5) is 5.95 Å². The average Bonchev–Trinajstić information content (AvgIpc) is 3.09. The number of nitrogens with zero attached hydrogens (tertiary/aromatic N) is 4. The Morgan fingerprint density at radius 2 is 2.17 bits per heavy atom. The number of likely N-dealkylation sites (N-methyl/N-ethyl adjacent to an activating group) is 1. The van der Waals surface area contributed by atoms with E-state index in [4.69, 9.17) is 9.72 Å². The van der Waals surface area contributed by atoms with E-state index >= 15 is 0 Å². The molecule has 1 amide bonds. The van der Waals surface area contributed by atoms with Gasteiger partial charge < -0.3 is 15.0 Å². The Hall–Kier alpha value is -1.73. The molecule has 1 N–H and O–H groups in total. The average molecular weight is 319 g/mol. The number of carbonyl (C=O) groups excluding carboxylic acids is 1. The van der Waals surface area contributed by atoms with Gasteiger partial charge in [-0.05, 0) is 25.8 Å². The maximum atomic E-state index is 12.0. The van der Waals surface area contributed by atoms with Crippen molar-refractivity contribution in [2.45, 2.75) is 31.9 Å². The van der Waals surface area contributed by atoms with E-state index in [9.17, 15) is 4.79 Å². The van der Waals surface area contributed by atoms with Gasteiger partial charge in [-0.25, -0.2) is 9.97 Å². The van der Waals surface area contributed by atoms with Gasteiger partial charge in [-0.15, -0.1) is 0 Å². The van der Waals surface area contributed by atoms with Gasteiger partial charge in [0.25, 0.3) is 5.91 Å². The summed E-state index contributed by atoms with van der Waals surface area (Å²) in [5.74, 6) is 0.741. The van der Waals surface area contributed by atoms with Gasteiger partial charge in [0.1, 0.15) is 0 Å². The third-order valence-electron chi connectivity index (χ3n) is 4.54. The number of aromatic nitrogens is 2. The number of amides is 1. The molecule has 0 saturated carbocycles. The zero-order valence-corrected chi connectivity index (χ0v) is 13.9. The molecule has 2 aliphatic heterocycles. The van der Waals surface area contributed by atoms with Crippen molar-refractivity contribution in [1.29, 1.82) is 0 Å². The Kier molecular flexibility index (Phi) is 4.77. The summed E-state index contributed by atoms with van der Waals surface area (Å²) < 4.78 is 5.70. The predicted molar refractivity (Wildman–Crippen MR) is 87.2 cm³/mol. The van der Waals surface area contributed by atoms with Gasteiger partial charge in [-0.1, -0.05) is 0 Å². The Morgan fingerprint density at radius 1 is 1.39 bits per heavy atom. The van der Waals surface area contributed by atoms with Crippen LogP contribution in [0, 0.1) is 0 Å². The second-order valence-electron chi connectivity index (χ2n) is 6.41. The Balaban J connectivity index is 1.67. The Labute approximate surface area is 137 Å². The van der Waals surface area contributed by atoms with Crippen molar-refractivity contribution < 1.29 is 9.53 Å². The lowest BCUT2D eigenvalue weighted by atomic mass is 10.0. The topological polar surface area (TPSA) is 70.6 Å². The summed E-state index contributed by atoms with van der Waals surface area (Å²) >= 11 is 0. The molecule has 23 heavy (non-hydrogen) atoms. The van der Waals surface area contributed by atoms with Gasteiger partial charge in [-0.2, -0.15) is 0 Å². The second-order valence-corrected chi connectivity index (χ2v) is 6.41. The Morgan fingerprint density at radius 3 is 2.91 bits per heavy atom. The van der Waals surface area contributed by atoms with Crippen molar-refractivity contribution in [3.05, 3.63) is 18.0 Å². The van der Waals surface area contributed by atoms with E-state index in [1.54, 1.807) is 7.05 Å². The molecule has 0 spiro atoms. The van der Waals surface area contributed by atoms with E-state index in [2.05, 4.69) is 20.1 Å². The second kappa shape index (κ2) is 6.80. The van der Waals surface area contributed by atoms with Crippen molar-refractivity contribution in [2.75, 3.05) is 44.7 Å². The summed E-state index contributed by atoms with van der Waals surface area (Å²) in [5.41, 5.74) is 0.195. The van der Waals surface area contributed by atoms with Crippen LogP contribution < -0.4 is 10.2 Å². The number of nitrogens with one attached hydrogen (secondary N) is 1. The van der Waals surface area contributed by atoms with E-state index in [0.717, 1.165) is 31.3 Å². The summed E-state index contributed by atoms with van der Waals surface area (Å²) in [6, 6.07) is 1.95. The molecular weight excluding hydrogens is 294 g/mol. The first-order valence-electron chi connectivity index (χ1n) is 8.26. The highest BCUT2D eigenvalue weighted by Gasteiger charge is 2.38. The highest BCUT2D eigenvalue weighted by molar-refractivity contribution is 5.84. The molecule has 0 aliphatic carbocycles. The summed E-state index contributed by atoms with van der Waals surface area (Å²) in [4.78, 5) is 25.6. The quantitative estimate of drug-likeness (QED) is 0.867. The van der Waals surface area contributed by atoms with E-state index < -0.39 is 5.60 Å². The molecule has 0 aromatic carbocycles. The van der Waals surface area contributed by atoms with Crippen LogP contribution in [0.3, 0.4) is 0 Å². The number of ether oxygens (including phenoxy) is 1. The molecule has 1 aromatic rings. The van der Waals surface area contributed by atoms with Crippen LogP contribution in [0.5, 0.6) is 0 Å². The molecule has 2 fully saturated rings. The van der Waals surface area contributed by atoms with Gasteiger partial charge in [0, 0.05) is 46.0 Å². The van der Waals surface area contributed by atoms with E-state index in [0.29, 0.717) is 19.7 Å². The zero-order valence-electron chi connectivity index (χ0n) is 13.9. The number of rotatable bonds is 4. The van der Waals surface area contributed by atoms with Crippen LogP contribution >= 0.6 is 0 Å². The molecule has 1 atom stereocenters. The van der Waals surface area contributed by atoms with Crippen LogP contribution in [0.25, 0.3) is 0 Å². The number of carbonyl (C=O) groups is 1. The lowest BCUT2D eigenvalue weighted by molar-refractivity contribution is -0.156. The van der Waals surface area contributed by atoms with Crippen molar-refractivity contribution in [1.82, 2.24) is 20.2 Å². The lowest BCUT2D eigenvalue weighted by Gasteiger charge is -2.38. The van der Waals surface area contributed by atoms with E-state index in [1.807, 2.05) is 19.2 Å². The number of anilines is 1. The predicted octanol–water partition coefficient (Wildman–Crippen LogP) is 0.414. The summed E-state index contributed by atoms with van der Waals surface area (Å²) in [7, 11) is 1.64. The van der Waals surface area contributed by atoms with Crippen molar-refractivity contribution in [3.63, 3.8) is 0 Å². The number of morpholine rings is 1. The summed E-state index contributed by atoms with van der Waals surface area (Å²) in [6.07, 6.45) is 4.25. The third kappa shape index (κ3) is 3.61. The molecule has 3 heterocycles. The fourth-order valence-corrected chi connectivity index (χ4v) is 3.26. The van der Waals surface area contributed by atoms with Crippen LogP contribution in [0.1, 0.15) is 25.5 Å². The fraction of sp³-hybridized carbons (Fsp3) is 0.688. The molecule has 7 heteroatoms. The fourth-order valence-electron chi connectivity index (χ4n) is 3.26. The standard InChI is InChI=1S/C16H25N5O2/c1-16(14(22)17-2)12-20(9-10-23-16)11-13-5-6-18-15(19-13)21-7-3-4-8-21/h5-6H,3-4,7-12H2,1-2H3,(H,17,22)/t16-/m1/s1. The van der Waals surface area contributed by atoms with Crippen LogP contribution in [-0.2, 0) is 16.1 Å². The van der Waals surface area contributed by atoms with Gasteiger partial charge >= 0.3 is 0 Å². The minimum atomic E-state index is -0.794. The van der Waals surface area contributed by atoms with Gasteiger partial charge in [-0.3, -0.25) is 9.69 Å². The minimum absolute atomic E-state index is 0.0809. The molecule has 2 aliphatic rings. The molecule has 1 aromatic heterocycles. The van der Waals surface area contributed by atoms with Crippen molar-refractivity contribution in [2.24, 2.45) is 0 Å². The van der Waals surface area contributed by atoms with Crippen molar-refractivity contribution >= 4 is 11.9 Å². The highest BCUT2D eigenvalue weighted by Crippen LogP contribution is 2.20. The highest BCUT2D eigenvalue weighted by atomic mass is 16.5. The molecule has 0 unspecified atom stereocenters. The smallest absolute Gasteiger partial charge is 0.253 e. The summed E-state index contributed by atoms with van der Waals surface area (Å²) in [5, 5.41) is 2.68. The first-order chi connectivity index (χ1) is 11.1. The lowest BCUT2D eigenvalue weighted by Crippen LogP contribution is -2.57. The maximum absolute atomic E-state index is 12.0. The Bertz CT molecular complexity index is 561. The first kappa shape index (κ1) is 16.1. The number of hydrogen-bond acceptors (Lipinski definition) is 6. The van der Waals surface area contributed by atoms with Crippen LogP contribution in [0.2, 0.25) is 0 Å². The molecule has 0 bridgehead atoms. The molecular formula is C16H25N5O2. The third-order valence-corrected chi connectivity index (χ3v) is 4.54. The normalized spacial score (nSPS) is 25.6. The molecule has 2 saturated heterocycles. The van der Waals surface area contributed by atoms with Crippen LogP contribution in [-0.4, -0.2) is 66.2 Å². The first-order valence-corrected chi connectivity index (χ1v) is 8.26. The molecule has 3 rings (SSSR count). The SMILES string of the molecule is CNC(=O)[C@@]1(C)CN(Cc2ccnc(N3CCCC3)n2)CCO1. The minimum Gasteiger partial charge on any atom is -0.363 e. The maximum Gasteiger partial charge on any atom is 0.253 e. The molecule has 126 valence electrons. The monoisotopic (exact) mass is 319 g/mol. The van der Waals surface area contributed by atoms with Gasteiger partial charge in [0.05, 0.1) is 12.3 Å². The number of hydrogen-bond donors (Lipinski definition) is 1. The van der Waals surface area contributed by atoms with Crippen LogP contribution in [0.15, 0.2) is 12.3 Å². The van der Waals surface area contributed by atoms with E-state index in [-0.39, 0.29) is 5.91 Å². The molecule has 7 nitrogen and oxygen atoms in total. The zero-order chi connectivity index (χ0) is 16.3. The van der Waals surface area contributed by atoms with Gasteiger partial charge in [0.2, 0.25) is 5.95 Å². The van der Waals surface area contributed by atoms with E-state index in [1.165, 1.54) is 12.8 Å². The summed E-state index contributed by atoms with van der Waals surface area (Å²) in [6.45, 7) is 6.54.